The Balaban J connectivity index is 0.802. The summed E-state index contributed by atoms with van der Waals surface area (Å²) in [6, 6.07) is 0. The molecule has 43 nitrogen and oxygen atoms in total. The van der Waals surface area contributed by atoms with Gasteiger partial charge in [0.05, 0.1) is 52.9 Å². The second kappa shape index (κ2) is 33.1. The van der Waals surface area contributed by atoms with Crippen molar-refractivity contribution in [2.24, 2.45) is 0 Å². The molecular formula is C53H88O43. The quantitative estimate of drug-likeness (QED) is 0.0427. The Labute approximate surface area is 542 Å². The fraction of sp³-hybridized carbons (Fsp3) is 0.981. The summed E-state index contributed by atoms with van der Waals surface area (Å²) in [5, 5.41) is 250. The molecule has 0 aromatic heterocycles. The minimum atomic E-state index is -2.24. The summed E-state index contributed by atoms with van der Waals surface area (Å²) in [5.74, 6) is -3.80. The summed E-state index contributed by atoms with van der Waals surface area (Å²) >= 11 is 0. The van der Waals surface area contributed by atoms with Crippen LogP contribution in [0.25, 0.3) is 0 Å². The predicted molar refractivity (Wildman–Crippen MR) is 288 cm³/mol. The number of methoxy groups -OCH3 is 2. The van der Waals surface area contributed by atoms with Gasteiger partial charge in [0.15, 0.2) is 50.3 Å². The predicted octanol–water partition coefficient (Wildman–Crippen LogP) is -16.3. The van der Waals surface area contributed by atoms with Crippen molar-refractivity contribution >= 4 is 5.97 Å². The highest BCUT2D eigenvalue weighted by atomic mass is 16.8. The number of rotatable bonds is 24. The van der Waals surface area contributed by atoms with Gasteiger partial charge in [-0.25, -0.2) is 4.79 Å². The van der Waals surface area contributed by atoms with Gasteiger partial charge in [-0.2, -0.15) is 0 Å². The van der Waals surface area contributed by atoms with E-state index in [0.717, 1.165) is 21.1 Å². The minimum Gasteiger partial charge on any atom is -0.477 e. The van der Waals surface area contributed by atoms with Crippen molar-refractivity contribution in [3.8, 4) is 0 Å². The zero-order valence-electron chi connectivity index (χ0n) is 51.2. The van der Waals surface area contributed by atoms with Crippen LogP contribution in [0.2, 0.25) is 0 Å². The summed E-state index contributed by atoms with van der Waals surface area (Å²) in [6.45, 7) is -5.97. The number of fused-ring (bicyclic) bond motifs is 1. The highest BCUT2D eigenvalue weighted by Crippen LogP contribution is 2.39. The molecule has 9 rings (SSSR count). The van der Waals surface area contributed by atoms with Crippen LogP contribution >= 0.6 is 0 Å². The fourth-order valence-electron chi connectivity index (χ4n) is 12.5. The average molecular weight is 1410 g/mol. The van der Waals surface area contributed by atoms with Crippen molar-refractivity contribution in [3.05, 3.63) is 0 Å². The Morgan fingerprint density at radius 2 is 0.677 bits per heavy atom. The SMILES string of the molecule is CO[C@@H]1OC(CO)[C@H](O)[C@H](O[C@@H]2OC(CO)[C@@H](O[C@@H]3OC(CO)[C@@H](O[C@@H]4OC(CO[C@@H]5OC(CO[C@@H]6OC(CO)[C@@H](O)[C@H](O[C@@H]7OC(CO)[C@@H](O)[C@H](O[C@@H]8OC9COC(C)(C(=O)O)O[C@H]9[C@H](O)C8O)C7O)C6O)[C@@H](O)[C@H](O)C5O)[C@@H](OC)[C@H](O)C4O)[C@H](O)C3O)[C@H](O)C2O)C1O. The highest BCUT2D eigenvalue weighted by Gasteiger charge is 2.60. The van der Waals surface area contributed by atoms with Gasteiger partial charge in [-0.05, 0) is 0 Å². The largest absolute Gasteiger partial charge is 0.477 e. The van der Waals surface area contributed by atoms with Crippen LogP contribution in [0, 0.1) is 0 Å². The molecule has 558 valence electrons. The van der Waals surface area contributed by atoms with Crippen molar-refractivity contribution in [3.63, 3.8) is 0 Å². The van der Waals surface area contributed by atoms with Crippen molar-refractivity contribution in [2.45, 2.75) is 258 Å². The molecule has 0 bridgehead atoms. The van der Waals surface area contributed by atoms with E-state index in [9.17, 15) is 122 Å². The highest BCUT2D eigenvalue weighted by molar-refractivity contribution is 5.75. The van der Waals surface area contributed by atoms with Crippen molar-refractivity contribution in [1.82, 2.24) is 0 Å². The number of hydrogen-bond donors (Lipinski definition) is 23. The number of carboxylic acids is 1. The van der Waals surface area contributed by atoms with E-state index in [2.05, 4.69) is 0 Å². The van der Waals surface area contributed by atoms with E-state index in [1.807, 2.05) is 0 Å². The van der Waals surface area contributed by atoms with Gasteiger partial charge in [0, 0.05) is 21.1 Å². The van der Waals surface area contributed by atoms with E-state index in [-0.39, 0.29) is 0 Å². The number of aliphatic carboxylic acids is 1. The second-order valence-electron chi connectivity index (χ2n) is 24.3. The van der Waals surface area contributed by atoms with Crippen LogP contribution in [-0.4, -0.2) is 442 Å². The van der Waals surface area contributed by atoms with E-state index < -0.39 is 310 Å². The van der Waals surface area contributed by atoms with E-state index >= 15 is 0 Å². The van der Waals surface area contributed by atoms with Gasteiger partial charge >= 0.3 is 5.97 Å². The Morgan fingerprint density at radius 3 is 1.12 bits per heavy atom. The second-order valence-corrected chi connectivity index (χ2v) is 24.3. The molecule has 0 aliphatic carbocycles. The average Bonchev–Trinajstić information content (AvgIpc) is 0.791. The first kappa shape index (κ1) is 78.0. The molecule has 0 aromatic rings. The lowest BCUT2D eigenvalue weighted by Gasteiger charge is -2.50. The summed E-state index contributed by atoms with van der Waals surface area (Å²) < 4.78 is 106. The lowest BCUT2D eigenvalue weighted by molar-refractivity contribution is -0.402. The van der Waals surface area contributed by atoms with E-state index in [1.165, 1.54) is 0 Å². The maximum Gasteiger partial charge on any atom is 0.364 e. The molecule has 0 amide bonds. The van der Waals surface area contributed by atoms with Gasteiger partial charge < -0.3 is 207 Å². The molecule has 0 saturated carbocycles. The standard InChI is InChI=1S/C53H88O43/c1-53(52(76)77)82-11-19-40(96-53)28(67)33(72)50(90-19)94-43-23(62)14(6-56)85-51(36(43)75)95-42-22(61)13(5-55)84-46(35(42)74)80-9-17-20(59)24(63)29(68)45(88-17)81-10-18-37(78-2)25(64)30(69)49(89-18)92-39-15(7-57)86-47(31(70)26(39)65)91-38-16(8-58)87-48(32(71)27(38)66)93-41-21(60)12(4-54)83-44(79-3)34(41)73/h12-51,54-75H,4-11H2,1-3H3,(H,76,77)/t12?,13?,14?,15?,16?,17?,18?,19?,20-,21+,22-,23-,24+,25-,26-,27-,28-,29?,30?,31?,32?,33?,34?,35?,36?,37-,38-,39-,40-,41+,42+,43+,44-,45-,46-,47+,48+,49+,50+,51+,53?/m1/s1. The molecule has 43 heteroatoms. The summed E-state index contributed by atoms with van der Waals surface area (Å²) in [5.41, 5.74) is 0. The molecular weight excluding hydrogens is 1320 g/mol. The first-order valence-corrected chi connectivity index (χ1v) is 30.5. The lowest BCUT2D eigenvalue weighted by atomic mass is 9.95. The third kappa shape index (κ3) is 15.8. The molecule has 0 radical (unpaired) electrons. The van der Waals surface area contributed by atoms with Crippen LogP contribution in [-0.2, 0) is 94.8 Å². The maximum absolute atomic E-state index is 11.8. The number of hydrogen-bond acceptors (Lipinski definition) is 42. The van der Waals surface area contributed by atoms with E-state index in [0.29, 0.717) is 0 Å². The van der Waals surface area contributed by atoms with Gasteiger partial charge in [-0.3, -0.25) is 0 Å². The molecule has 9 aliphatic heterocycles. The molecule has 23 N–H and O–H groups in total. The molecule has 9 fully saturated rings. The fourth-order valence-corrected chi connectivity index (χ4v) is 12.5. The van der Waals surface area contributed by atoms with Gasteiger partial charge in [0.2, 0.25) is 0 Å². The third-order valence-electron chi connectivity index (χ3n) is 18.1. The molecule has 41 atom stereocenters. The smallest absolute Gasteiger partial charge is 0.364 e. The number of ether oxygens (including phenoxy) is 19. The first-order chi connectivity index (χ1) is 45.5. The van der Waals surface area contributed by atoms with Crippen molar-refractivity contribution < 1.29 is 212 Å². The molecule has 9 saturated heterocycles. The van der Waals surface area contributed by atoms with Crippen LogP contribution in [0.15, 0.2) is 0 Å². The van der Waals surface area contributed by atoms with Crippen LogP contribution in [0.5, 0.6) is 0 Å². The van der Waals surface area contributed by atoms with Gasteiger partial charge in [-0.1, -0.05) is 0 Å². The molecule has 0 spiro atoms. The topological polar surface area (TPSA) is 658 Å². The molecule has 9 aliphatic rings. The minimum absolute atomic E-state index is 0.512. The molecule has 96 heavy (non-hydrogen) atoms. The molecule has 17 unspecified atom stereocenters. The Kier molecular flexibility index (Phi) is 26.9. The molecule has 9 heterocycles. The number of aliphatic hydroxyl groups excluding tert-OH is 22. The van der Waals surface area contributed by atoms with Crippen molar-refractivity contribution in [2.75, 3.05) is 67.1 Å². The Hall–Kier alpha value is -2.17. The molecule has 0 aromatic carbocycles. The Bertz CT molecular complexity index is 2390. The number of carboxylic acid groups (broad SMARTS) is 1. The van der Waals surface area contributed by atoms with Gasteiger partial charge in [0.25, 0.3) is 5.79 Å². The Morgan fingerprint density at radius 1 is 0.344 bits per heavy atom. The van der Waals surface area contributed by atoms with E-state index in [4.69, 9.17) is 90.0 Å². The van der Waals surface area contributed by atoms with Crippen LogP contribution in [0.4, 0.5) is 0 Å². The van der Waals surface area contributed by atoms with Crippen LogP contribution in [0.3, 0.4) is 0 Å². The normalized spacial score (nSPS) is 52.8. The van der Waals surface area contributed by atoms with Gasteiger partial charge in [0.1, 0.15) is 195 Å². The summed E-state index contributed by atoms with van der Waals surface area (Å²) in [7, 11) is 2.22. The van der Waals surface area contributed by atoms with E-state index in [1.54, 1.807) is 0 Å². The monoisotopic (exact) mass is 1410 g/mol. The lowest BCUT2D eigenvalue weighted by Crippen LogP contribution is -2.69. The van der Waals surface area contributed by atoms with Gasteiger partial charge in [-0.15, -0.1) is 0 Å². The van der Waals surface area contributed by atoms with Crippen LogP contribution in [0.1, 0.15) is 6.92 Å². The zero-order valence-corrected chi connectivity index (χ0v) is 51.2. The van der Waals surface area contributed by atoms with Crippen molar-refractivity contribution in [1.29, 1.82) is 0 Å². The zero-order chi connectivity index (χ0) is 70.3. The maximum atomic E-state index is 11.8. The summed E-state index contributed by atoms with van der Waals surface area (Å²) in [6.07, 6.45) is -74.8. The summed E-state index contributed by atoms with van der Waals surface area (Å²) in [4.78, 5) is 11.8. The number of aliphatic hydroxyl groups is 22. The number of carbonyl (C=O) groups is 1. The van der Waals surface area contributed by atoms with Crippen LogP contribution < -0.4 is 0 Å². The third-order valence-corrected chi connectivity index (χ3v) is 18.1. The first-order valence-electron chi connectivity index (χ1n) is 30.5.